The Labute approximate surface area is 156 Å². The number of nitrogens with zero attached hydrogens (tertiary/aromatic N) is 1. The van der Waals surface area contributed by atoms with Crippen LogP contribution in [0.1, 0.15) is 40.4 Å². The van der Waals surface area contributed by atoms with Crippen molar-refractivity contribution in [1.82, 2.24) is 9.71 Å². The van der Waals surface area contributed by atoms with Gasteiger partial charge in [-0.05, 0) is 37.5 Å². The minimum absolute atomic E-state index is 0.0437. The van der Waals surface area contributed by atoms with Crippen molar-refractivity contribution in [1.29, 1.82) is 0 Å². The molecule has 1 aliphatic rings. The average Bonchev–Trinajstić information content (AvgIpc) is 3.35. The van der Waals surface area contributed by atoms with Crippen LogP contribution in [0.2, 0.25) is 0 Å². The van der Waals surface area contributed by atoms with Gasteiger partial charge in [-0.25, -0.2) is 18.1 Å². The summed E-state index contributed by atoms with van der Waals surface area (Å²) in [5.74, 6) is 0.151. The van der Waals surface area contributed by atoms with Crippen molar-refractivity contribution in [3.8, 4) is 0 Å². The fourth-order valence-corrected chi connectivity index (χ4v) is 4.28. The van der Waals surface area contributed by atoms with Crippen molar-refractivity contribution in [3.05, 3.63) is 40.4 Å². The lowest BCUT2D eigenvalue weighted by molar-refractivity contribution is 0.102. The van der Waals surface area contributed by atoms with E-state index in [-0.39, 0.29) is 24.0 Å². The monoisotopic (exact) mass is 395 g/mol. The second-order valence-corrected chi connectivity index (χ2v) is 8.80. The van der Waals surface area contributed by atoms with E-state index in [2.05, 4.69) is 15.0 Å². The maximum Gasteiger partial charge on any atom is 0.257 e. The van der Waals surface area contributed by atoms with Crippen LogP contribution in [-0.4, -0.2) is 39.6 Å². The van der Waals surface area contributed by atoms with Crippen LogP contribution in [0.4, 0.5) is 5.13 Å². The van der Waals surface area contributed by atoms with E-state index in [4.69, 9.17) is 4.74 Å². The molecule has 0 unspecified atom stereocenters. The molecule has 3 rings (SSSR count). The molecule has 9 heteroatoms. The van der Waals surface area contributed by atoms with E-state index in [1.54, 1.807) is 13.0 Å². The molecule has 0 bridgehead atoms. The number of anilines is 1. The summed E-state index contributed by atoms with van der Waals surface area (Å²) in [6, 6.07) is 4.49. The van der Waals surface area contributed by atoms with Gasteiger partial charge in [0.05, 0.1) is 17.2 Å². The zero-order chi connectivity index (χ0) is 18.7. The van der Waals surface area contributed by atoms with Gasteiger partial charge < -0.3 is 4.74 Å². The molecule has 0 saturated heterocycles. The minimum atomic E-state index is -3.70. The second-order valence-electron chi connectivity index (χ2n) is 6.17. The van der Waals surface area contributed by atoms with Crippen LogP contribution in [0.15, 0.2) is 28.5 Å². The Morgan fingerprint density at radius 1 is 1.38 bits per heavy atom. The number of hydrogen-bond acceptors (Lipinski definition) is 6. The summed E-state index contributed by atoms with van der Waals surface area (Å²) < 4.78 is 31.9. The van der Waals surface area contributed by atoms with E-state index in [9.17, 15) is 13.2 Å². The molecule has 1 fully saturated rings. The molecule has 2 aromatic rings. The SMILES string of the molecule is COCCNS(=O)(=O)c1ccc(C)c(C(=O)Nc2nc(C3CC3)cs2)c1. The van der Waals surface area contributed by atoms with Crippen LogP contribution in [-0.2, 0) is 14.8 Å². The lowest BCUT2D eigenvalue weighted by atomic mass is 10.1. The summed E-state index contributed by atoms with van der Waals surface area (Å²) in [6.45, 7) is 2.20. The van der Waals surface area contributed by atoms with Crippen molar-refractivity contribution >= 4 is 32.4 Å². The standard InChI is InChI=1S/C17H21N3O4S2/c1-11-3-6-13(26(22,23)18-7-8-24-2)9-14(11)16(21)20-17-19-15(10-25-17)12-4-5-12/h3,6,9-10,12,18H,4-5,7-8H2,1-2H3,(H,19,20,21). The number of carbonyl (C=O) groups is 1. The summed E-state index contributed by atoms with van der Waals surface area (Å²) in [5, 5.41) is 5.26. The molecule has 0 radical (unpaired) electrons. The lowest BCUT2D eigenvalue weighted by Crippen LogP contribution is -2.27. The predicted molar refractivity (Wildman–Crippen MR) is 100 cm³/mol. The minimum Gasteiger partial charge on any atom is -0.383 e. The number of amides is 1. The maximum absolute atomic E-state index is 12.6. The van der Waals surface area contributed by atoms with Crippen molar-refractivity contribution in [2.24, 2.45) is 0 Å². The molecule has 1 aromatic carbocycles. The highest BCUT2D eigenvalue weighted by atomic mass is 32.2. The van der Waals surface area contributed by atoms with Gasteiger partial charge in [0.15, 0.2) is 5.13 Å². The third-order valence-corrected chi connectivity index (χ3v) is 6.33. The third kappa shape index (κ3) is 4.47. The molecule has 1 aromatic heterocycles. The molecular weight excluding hydrogens is 374 g/mol. The van der Waals surface area contributed by atoms with Gasteiger partial charge in [0.25, 0.3) is 5.91 Å². The summed E-state index contributed by atoms with van der Waals surface area (Å²) in [5.41, 5.74) is 2.01. The normalized spacial score (nSPS) is 14.4. The molecule has 1 saturated carbocycles. The van der Waals surface area contributed by atoms with E-state index >= 15 is 0 Å². The summed E-state index contributed by atoms with van der Waals surface area (Å²) >= 11 is 1.38. The number of thiazole rings is 1. The van der Waals surface area contributed by atoms with E-state index < -0.39 is 10.0 Å². The number of aryl methyl sites for hydroxylation is 1. The predicted octanol–water partition coefficient (Wildman–Crippen LogP) is 2.51. The molecule has 1 amide bonds. The topological polar surface area (TPSA) is 97.4 Å². The van der Waals surface area contributed by atoms with Crippen LogP contribution in [0.5, 0.6) is 0 Å². The van der Waals surface area contributed by atoms with Crippen LogP contribution < -0.4 is 10.0 Å². The van der Waals surface area contributed by atoms with Crippen molar-refractivity contribution in [2.45, 2.75) is 30.6 Å². The summed E-state index contributed by atoms with van der Waals surface area (Å²) in [4.78, 5) is 17.1. The number of benzene rings is 1. The number of hydrogen-bond donors (Lipinski definition) is 2. The molecule has 0 aliphatic heterocycles. The quantitative estimate of drug-likeness (QED) is 0.670. The Kier molecular flexibility index (Phi) is 5.71. The number of methoxy groups -OCH3 is 1. The molecule has 1 heterocycles. The van der Waals surface area contributed by atoms with Crippen molar-refractivity contribution in [3.63, 3.8) is 0 Å². The smallest absolute Gasteiger partial charge is 0.257 e. The van der Waals surface area contributed by atoms with Crippen LogP contribution in [0, 0.1) is 6.92 Å². The molecule has 0 atom stereocenters. The third-order valence-electron chi connectivity index (χ3n) is 4.10. The first-order valence-corrected chi connectivity index (χ1v) is 10.6. The molecule has 1 aliphatic carbocycles. The van der Waals surface area contributed by atoms with E-state index in [1.165, 1.54) is 30.6 Å². The average molecular weight is 396 g/mol. The number of aromatic nitrogens is 1. The van der Waals surface area contributed by atoms with Gasteiger partial charge in [0.1, 0.15) is 0 Å². The fourth-order valence-electron chi connectivity index (χ4n) is 2.45. The van der Waals surface area contributed by atoms with Crippen LogP contribution >= 0.6 is 11.3 Å². The van der Waals surface area contributed by atoms with Crippen molar-refractivity contribution < 1.29 is 17.9 Å². The molecular formula is C17H21N3O4S2. The van der Waals surface area contributed by atoms with Crippen molar-refractivity contribution in [2.75, 3.05) is 25.6 Å². The van der Waals surface area contributed by atoms with Gasteiger partial charge in [0, 0.05) is 30.5 Å². The fraction of sp³-hybridized carbons (Fsp3) is 0.412. The summed E-state index contributed by atoms with van der Waals surface area (Å²) in [7, 11) is -2.20. The highest BCUT2D eigenvalue weighted by Crippen LogP contribution is 2.40. The second kappa shape index (κ2) is 7.83. The highest BCUT2D eigenvalue weighted by molar-refractivity contribution is 7.89. The molecule has 7 nitrogen and oxygen atoms in total. The number of rotatable bonds is 8. The number of sulfonamides is 1. The number of carbonyl (C=O) groups excluding carboxylic acids is 1. The Bertz CT molecular complexity index is 904. The summed E-state index contributed by atoms with van der Waals surface area (Å²) in [6.07, 6.45) is 2.29. The Hall–Kier alpha value is -1.81. The van der Waals surface area contributed by atoms with Gasteiger partial charge in [-0.15, -0.1) is 11.3 Å². The van der Waals surface area contributed by atoms with Gasteiger partial charge >= 0.3 is 0 Å². The Morgan fingerprint density at radius 2 is 2.15 bits per heavy atom. The van der Waals surface area contributed by atoms with Crippen LogP contribution in [0.3, 0.4) is 0 Å². The maximum atomic E-state index is 12.6. The zero-order valence-corrected chi connectivity index (χ0v) is 16.2. The van der Waals surface area contributed by atoms with Gasteiger partial charge in [-0.3, -0.25) is 10.1 Å². The lowest BCUT2D eigenvalue weighted by Gasteiger charge is -2.10. The van der Waals surface area contributed by atoms with Crippen LogP contribution in [0.25, 0.3) is 0 Å². The van der Waals surface area contributed by atoms with E-state index in [0.29, 0.717) is 22.2 Å². The largest absolute Gasteiger partial charge is 0.383 e. The van der Waals surface area contributed by atoms with Gasteiger partial charge in [-0.1, -0.05) is 6.07 Å². The molecule has 2 N–H and O–H groups in total. The Morgan fingerprint density at radius 3 is 2.85 bits per heavy atom. The molecule has 140 valence electrons. The first kappa shape index (κ1) is 19.0. The number of ether oxygens (including phenoxy) is 1. The van der Waals surface area contributed by atoms with Gasteiger partial charge in [0.2, 0.25) is 10.0 Å². The molecule has 0 spiro atoms. The first-order valence-electron chi connectivity index (χ1n) is 8.27. The molecule has 26 heavy (non-hydrogen) atoms. The zero-order valence-electron chi connectivity index (χ0n) is 14.6. The number of nitrogens with one attached hydrogen (secondary N) is 2. The highest BCUT2D eigenvalue weighted by Gasteiger charge is 2.26. The first-order chi connectivity index (χ1) is 12.4. The van der Waals surface area contributed by atoms with E-state index in [0.717, 1.165) is 18.5 Å². The van der Waals surface area contributed by atoms with Gasteiger partial charge in [-0.2, -0.15) is 0 Å². The van der Waals surface area contributed by atoms with E-state index in [1.807, 2.05) is 5.38 Å². The Balaban J connectivity index is 1.76.